The topological polar surface area (TPSA) is 48.0 Å². The minimum Gasteiger partial charge on any atom is -0.496 e. The summed E-state index contributed by atoms with van der Waals surface area (Å²) < 4.78 is 16.0. The first-order valence-corrected chi connectivity index (χ1v) is 9.48. The van der Waals surface area contributed by atoms with Gasteiger partial charge in [0, 0.05) is 17.7 Å². The van der Waals surface area contributed by atoms with Gasteiger partial charge in [0.05, 0.1) is 21.3 Å². The van der Waals surface area contributed by atoms with Crippen molar-refractivity contribution in [1.29, 1.82) is 0 Å². The Bertz CT molecular complexity index is 854. The second kappa shape index (κ2) is 9.42. The number of ether oxygens (including phenoxy) is 3. The second-order valence-electron chi connectivity index (χ2n) is 6.82. The number of allylic oxidation sites excluding steroid dienone is 1. The Hall–Kier alpha value is -2.79. The molecule has 28 heavy (non-hydrogen) atoms. The SMILES string of the molecule is COc1ccc(/C=C/C(=O)c2ccc(OC)c(OC)c2)cc1CN1CCCC1. The lowest BCUT2D eigenvalue weighted by molar-refractivity contribution is 0.104. The van der Waals surface area contributed by atoms with Crippen LogP contribution in [0.1, 0.15) is 34.3 Å². The number of nitrogens with zero attached hydrogens (tertiary/aromatic N) is 1. The van der Waals surface area contributed by atoms with Crippen LogP contribution in [0.15, 0.2) is 42.5 Å². The van der Waals surface area contributed by atoms with Crippen molar-refractivity contribution in [2.75, 3.05) is 34.4 Å². The number of methoxy groups -OCH3 is 3. The molecule has 3 rings (SSSR count). The largest absolute Gasteiger partial charge is 0.496 e. The predicted molar refractivity (Wildman–Crippen MR) is 110 cm³/mol. The van der Waals surface area contributed by atoms with E-state index in [0.29, 0.717) is 17.1 Å². The standard InChI is InChI=1S/C23H27NO4/c1-26-21-10-7-17(14-19(21)16-24-12-4-5-13-24)6-9-20(25)18-8-11-22(27-2)23(15-18)28-3/h6-11,14-15H,4-5,12-13,16H2,1-3H3/b9-6+. The molecule has 0 spiro atoms. The summed E-state index contributed by atoms with van der Waals surface area (Å²) in [4.78, 5) is 15.0. The van der Waals surface area contributed by atoms with Crippen molar-refractivity contribution in [3.63, 3.8) is 0 Å². The lowest BCUT2D eigenvalue weighted by Crippen LogP contribution is -2.18. The van der Waals surface area contributed by atoms with Crippen molar-refractivity contribution in [1.82, 2.24) is 4.90 Å². The van der Waals surface area contributed by atoms with Gasteiger partial charge >= 0.3 is 0 Å². The van der Waals surface area contributed by atoms with Crippen molar-refractivity contribution in [2.45, 2.75) is 19.4 Å². The number of benzene rings is 2. The van der Waals surface area contributed by atoms with Gasteiger partial charge in [-0.3, -0.25) is 9.69 Å². The summed E-state index contributed by atoms with van der Waals surface area (Å²) in [7, 11) is 4.82. The molecule has 5 heteroatoms. The average molecular weight is 381 g/mol. The highest BCUT2D eigenvalue weighted by molar-refractivity contribution is 6.07. The smallest absolute Gasteiger partial charge is 0.185 e. The van der Waals surface area contributed by atoms with Crippen LogP contribution in [-0.2, 0) is 6.54 Å². The lowest BCUT2D eigenvalue weighted by atomic mass is 10.1. The summed E-state index contributed by atoms with van der Waals surface area (Å²) in [5, 5.41) is 0. The maximum absolute atomic E-state index is 12.6. The second-order valence-corrected chi connectivity index (χ2v) is 6.82. The van der Waals surface area contributed by atoms with Gasteiger partial charge in [0.25, 0.3) is 0 Å². The van der Waals surface area contributed by atoms with E-state index in [-0.39, 0.29) is 5.78 Å². The molecule has 0 amide bonds. The van der Waals surface area contributed by atoms with E-state index in [1.807, 2.05) is 18.2 Å². The summed E-state index contributed by atoms with van der Waals surface area (Å²) in [6.45, 7) is 3.12. The molecule has 5 nitrogen and oxygen atoms in total. The summed E-state index contributed by atoms with van der Waals surface area (Å²) in [5.41, 5.74) is 2.67. The zero-order valence-corrected chi connectivity index (χ0v) is 16.7. The van der Waals surface area contributed by atoms with Gasteiger partial charge in [-0.05, 0) is 67.9 Å². The molecule has 0 atom stereocenters. The molecule has 1 heterocycles. The Labute approximate surface area is 166 Å². The van der Waals surface area contributed by atoms with Crippen LogP contribution in [0.2, 0.25) is 0 Å². The van der Waals surface area contributed by atoms with Crippen LogP contribution >= 0.6 is 0 Å². The number of rotatable bonds is 8. The number of likely N-dealkylation sites (tertiary alicyclic amines) is 1. The van der Waals surface area contributed by atoms with Crippen molar-refractivity contribution in [3.05, 3.63) is 59.2 Å². The summed E-state index contributed by atoms with van der Waals surface area (Å²) >= 11 is 0. The molecule has 0 N–H and O–H groups in total. The molecule has 0 saturated carbocycles. The highest BCUT2D eigenvalue weighted by atomic mass is 16.5. The Morgan fingerprint density at radius 3 is 2.29 bits per heavy atom. The molecule has 1 fully saturated rings. The van der Waals surface area contributed by atoms with Gasteiger partial charge in [-0.1, -0.05) is 12.1 Å². The number of hydrogen-bond acceptors (Lipinski definition) is 5. The molecule has 1 aliphatic heterocycles. The van der Waals surface area contributed by atoms with E-state index in [0.717, 1.165) is 36.5 Å². The van der Waals surface area contributed by atoms with Gasteiger partial charge in [-0.25, -0.2) is 0 Å². The fourth-order valence-electron chi connectivity index (χ4n) is 3.47. The Balaban J connectivity index is 1.76. The van der Waals surface area contributed by atoms with Gasteiger partial charge in [-0.2, -0.15) is 0 Å². The van der Waals surface area contributed by atoms with Crippen LogP contribution < -0.4 is 14.2 Å². The van der Waals surface area contributed by atoms with Crippen LogP contribution in [0, 0.1) is 0 Å². The molecule has 2 aromatic carbocycles. The average Bonchev–Trinajstić information content (AvgIpc) is 3.24. The van der Waals surface area contributed by atoms with Gasteiger partial charge in [0.2, 0.25) is 0 Å². The number of carbonyl (C=O) groups excluding carboxylic acids is 1. The van der Waals surface area contributed by atoms with E-state index in [1.54, 1.807) is 45.6 Å². The van der Waals surface area contributed by atoms with Crippen LogP contribution in [-0.4, -0.2) is 45.1 Å². The summed E-state index contributed by atoms with van der Waals surface area (Å²) in [6, 6.07) is 11.2. The van der Waals surface area contributed by atoms with Crippen molar-refractivity contribution < 1.29 is 19.0 Å². The molecule has 0 aromatic heterocycles. The van der Waals surface area contributed by atoms with E-state index in [9.17, 15) is 4.79 Å². The first-order valence-electron chi connectivity index (χ1n) is 9.48. The monoisotopic (exact) mass is 381 g/mol. The van der Waals surface area contributed by atoms with Crippen LogP contribution in [0.5, 0.6) is 17.2 Å². The third-order valence-corrected chi connectivity index (χ3v) is 4.99. The third-order valence-electron chi connectivity index (χ3n) is 4.99. The number of carbonyl (C=O) groups is 1. The van der Waals surface area contributed by atoms with Gasteiger partial charge in [0.1, 0.15) is 5.75 Å². The quantitative estimate of drug-likeness (QED) is 0.506. The van der Waals surface area contributed by atoms with Crippen molar-refractivity contribution >= 4 is 11.9 Å². The maximum atomic E-state index is 12.6. The van der Waals surface area contributed by atoms with E-state index in [2.05, 4.69) is 11.0 Å². The fourth-order valence-corrected chi connectivity index (χ4v) is 3.47. The van der Waals surface area contributed by atoms with E-state index >= 15 is 0 Å². The van der Waals surface area contributed by atoms with Crippen LogP contribution in [0.25, 0.3) is 6.08 Å². The minimum atomic E-state index is -0.0853. The first kappa shape index (κ1) is 20.0. The Kier molecular flexibility index (Phi) is 6.71. The van der Waals surface area contributed by atoms with Crippen LogP contribution in [0.3, 0.4) is 0 Å². The summed E-state index contributed by atoms with van der Waals surface area (Å²) in [5.74, 6) is 1.94. The van der Waals surface area contributed by atoms with Gasteiger partial charge in [0.15, 0.2) is 17.3 Å². The zero-order chi connectivity index (χ0) is 19.9. The molecule has 0 aliphatic carbocycles. The Morgan fingerprint density at radius 1 is 0.929 bits per heavy atom. The fraction of sp³-hybridized carbons (Fsp3) is 0.348. The highest BCUT2D eigenvalue weighted by Crippen LogP contribution is 2.28. The molecule has 2 aromatic rings. The van der Waals surface area contributed by atoms with E-state index < -0.39 is 0 Å². The molecule has 0 bridgehead atoms. The number of hydrogen-bond donors (Lipinski definition) is 0. The number of ketones is 1. The van der Waals surface area contributed by atoms with Gasteiger partial charge in [-0.15, -0.1) is 0 Å². The molecular formula is C23H27NO4. The van der Waals surface area contributed by atoms with E-state index in [4.69, 9.17) is 14.2 Å². The third kappa shape index (κ3) is 4.73. The highest BCUT2D eigenvalue weighted by Gasteiger charge is 2.14. The normalized spacial score (nSPS) is 14.4. The molecule has 0 unspecified atom stereocenters. The molecule has 0 radical (unpaired) electrons. The molecule has 148 valence electrons. The van der Waals surface area contributed by atoms with Gasteiger partial charge < -0.3 is 14.2 Å². The maximum Gasteiger partial charge on any atom is 0.185 e. The molecular weight excluding hydrogens is 354 g/mol. The zero-order valence-electron chi connectivity index (χ0n) is 16.7. The van der Waals surface area contributed by atoms with Crippen LogP contribution in [0.4, 0.5) is 0 Å². The first-order chi connectivity index (χ1) is 13.6. The van der Waals surface area contributed by atoms with Crippen molar-refractivity contribution in [2.24, 2.45) is 0 Å². The Morgan fingerprint density at radius 2 is 1.61 bits per heavy atom. The predicted octanol–water partition coefficient (Wildman–Crippen LogP) is 4.20. The minimum absolute atomic E-state index is 0.0853. The van der Waals surface area contributed by atoms with E-state index in [1.165, 1.54) is 12.8 Å². The molecule has 1 aliphatic rings. The van der Waals surface area contributed by atoms with Crippen molar-refractivity contribution in [3.8, 4) is 17.2 Å². The molecule has 1 saturated heterocycles. The lowest BCUT2D eigenvalue weighted by Gasteiger charge is -2.17. The summed E-state index contributed by atoms with van der Waals surface area (Å²) in [6.07, 6.45) is 5.93.